The molecule has 0 aliphatic heterocycles. The third-order valence-corrected chi connectivity index (χ3v) is 4.76. The Morgan fingerprint density at radius 2 is 1.96 bits per heavy atom. The highest BCUT2D eigenvalue weighted by Crippen LogP contribution is 2.40. The first kappa shape index (κ1) is 18.1. The van der Waals surface area contributed by atoms with Crippen LogP contribution in [-0.4, -0.2) is 12.1 Å². The van der Waals surface area contributed by atoms with E-state index in [1.54, 1.807) is 12.1 Å². The van der Waals surface area contributed by atoms with Crippen LogP contribution in [0.15, 0.2) is 24.3 Å². The monoisotopic (exact) mass is 347 g/mol. The summed E-state index contributed by atoms with van der Waals surface area (Å²) in [4.78, 5) is 12.4. The molecule has 23 heavy (non-hydrogen) atoms. The number of hydrogen-bond acceptors (Lipinski definition) is 1. The normalized spacial score (nSPS) is 23.3. The molecule has 128 valence electrons. The average molecular weight is 348 g/mol. The van der Waals surface area contributed by atoms with Gasteiger partial charge in [0.2, 0.25) is 5.91 Å². The molecule has 0 saturated heterocycles. The Hall–Kier alpha value is -1.23. The van der Waals surface area contributed by atoms with Crippen molar-refractivity contribution in [2.45, 2.75) is 51.2 Å². The zero-order valence-corrected chi connectivity index (χ0v) is 13.8. The number of halogens is 4. The SMILES string of the molecule is CCC(NC(=O)C1CCCC(C(F)(F)F)C1)c1ccc(Cl)cc1. The Bertz CT molecular complexity index is 530. The van der Waals surface area contributed by atoms with Gasteiger partial charge < -0.3 is 5.32 Å². The minimum Gasteiger partial charge on any atom is -0.349 e. The summed E-state index contributed by atoms with van der Waals surface area (Å²) >= 11 is 5.85. The average Bonchev–Trinajstić information content (AvgIpc) is 2.52. The van der Waals surface area contributed by atoms with Crippen LogP contribution in [0.4, 0.5) is 13.2 Å². The van der Waals surface area contributed by atoms with Crippen molar-refractivity contribution in [2.75, 3.05) is 0 Å². The maximum absolute atomic E-state index is 12.9. The summed E-state index contributed by atoms with van der Waals surface area (Å²) in [6.07, 6.45) is -2.55. The lowest BCUT2D eigenvalue weighted by atomic mass is 9.80. The number of benzene rings is 1. The van der Waals surface area contributed by atoms with Crippen LogP contribution in [-0.2, 0) is 4.79 Å². The lowest BCUT2D eigenvalue weighted by Crippen LogP contribution is -2.38. The zero-order chi connectivity index (χ0) is 17.0. The molecule has 2 rings (SSSR count). The third-order valence-electron chi connectivity index (χ3n) is 4.51. The second-order valence-corrected chi connectivity index (χ2v) is 6.56. The number of amides is 1. The Morgan fingerprint density at radius 1 is 1.30 bits per heavy atom. The van der Waals surface area contributed by atoms with Crippen molar-refractivity contribution in [1.29, 1.82) is 0 Å². The topological polar surface area (TPSA) is 29.1 Å². The lowest BCUT2D eigenvalue weighted by Gasteiger charge is -2.31. The fraction of sp³-hybridized carbons (Fsp3) is 0.588. The molecule has 1 fully saturated rings. The first-order valence-corrected chi connectivity index (χ1v) is 8.31. The van der Waals surface area contributed by atoms with Gasteiger partial charge in [0.1, 0.15) is 0 Å². The first-order valence-electron chi connectivity index (χ1n) is 7.93. The predicted octanol–water partition coefficient (Wildman–Crippen LogP) is 5.28. The van der Waals surface area contributed by atoms with Gasteiger partial charge in [-0.2, -0.15) is 13.2 Å². The van der Waals surface area contributed by atoms with Gasteiger partial charge in [0.15, 0.2) is 0 Å². The standard InChI is InChI=1S/C17H21ClF3NO/c1-2-15(11-6-8-14(18)9-7-11)22-16(23)12-4-3-5-13(10-12)17(19,20)21/h6-9,12-13,15H,2-5,10H2,1H3,(H,22,23). The molecule has 1 N–H and O–H groups in total. The highest BCUT2D eigenvalue weighted by molar-refractivity contribution is 6.30. The van der Waals surface area contributed by atoms with E-state index in [1.807, 2.05) is 19.1 Å². The second-order valence-electron chi connectivity index (χ2n) is 6.12. The van der Waals surface area contributed by atoms with Crippen LogP contribution in [0.5, 0.6) is 0 Å². The van der Waals surface area contributed by atoms with Gasteiger partial charge >= 0.3 is 6.18 Å². The van der Waals surface area contributed by atoms with E-state index in [9.17, 15) is 18.0 Å². The number of alkyl halides is 3. The van der Waals surface area contributed by atoms with E-state index >= 15 is 0 Å². The molecule has 0 radical (unpaired) electrons. The Kier molecular flexibility index (Phi) is 5.95. The van der Waals surface area contributed by atoms with E-state index in [2.05, 4.69) is 5.32 Å². The minimum atomic E-state index is -4.21. The lowest BCUT2D eigenvalue weighted by molar-refractivity contribution is -0.186. The molecule has 0 spiro atoms. The maximum atomic E-state index is 12.9. The molecule has 1 aromatic rings. The molecule has 3 unspecified atom stereocenters. The Labute approximate surface area is 139 Å². The number of carbonyl (C=O) groups is 1. The van der Waals surface area contributed by atoms with Crippen LogP contribution in [0.25, 0.3) is 0 Å². The second kappa shape index (κ2) is 7.56. The molecule has 1 saturated carbocycles. The largest absolute Gasteiger partial charge is 0.391 e. The Balaban J connectivity index is 2.00. The highest BCUT2D eigenvalue weighted by atomic mass is 35.5. The van der Waals surface area contributed by atoms with Crippen LogP contribution in [0, 0.1) is 11.8 Å². The third kappa shape index (κ3) is 4.87. The molecule has 0 heterocycles. The molecule has 0 aromatic heterocycles. The number of carbonyl (C=O) groups excluding carboxylic acids is 1. The van der Waals surface area contributed by atoms with Crippen molar-refractivity contribution < 1.29 is 18.0 Å². The molecular weight excluding hydrogens is 327 g/mol. The van der Waals surface area contributed by atoms with Crippen LogP contribution in [0.1, 0.15) is 50.6 Å². The van der Waals surface area contributed by atoms with Crippen molar-refractivity contribution in [3.8, 4) is 0 Å². The predicted molar refractivity (Wildman–Crippen MR) is 84.1 cm³/mol. The van der Waals surface area contributed by atoms with Crippen LogP contribution in [0.2, 0.25) is 5.02 Å². The van der Waals surface area contributed by atoms with E-state index in [4.69, 9.17) is 11.6 Å². The molecule has 0 bridgehead atoms. The summed E-state index contributed by atoms with van der Waals surface area (Å²) in [6.45, 7) is 1.93. The fourth-order valence-corrected chi connectivity index (χ4v) is 3.26. The quantitative estimate of drug-likeness (QED) is 0.789. The van der Waals surface area contributed by atoms with E-state index in [0.717, 1.165) is 5.56 Å². The van der Waals surface area contributed by atoms with Crippen molar-refractivity contribution in [2.24, 2.45) is 11.8 Å². The highest BCUT2D eigenvalue weighted by Gasteiger charge is 2.43. The molecular formula is C17H21ClF3NO. The van der Waals surface area contributed by atoms with Crippen molar-refractivity contribution >= 4 is 17.5 Å². The molecule has 1 aliphatic carbocycles. The summed E-state index contributed by atoms with van der Waals surface area (Å²) in [6, 6.07) is 6.94. The molecule has 1 amide bonds. The van der Waals surface area contributed by atoms with Gasteiger partial charge in [0.05, 0.1) is 12.0 Å². The van der Waals surface area contributed by atoms with E-state index in [-0.39, 0.29) is 24.8 Å². The number of rotatable bonds is 4. The number of nitrogens with one attached hydrogen (secondary N) is 1. The first-order chi connectivity index (χ1) is 10.8. The summed E-state index contributed by atoms with van der Waals surface area (Å²) in [5, 5.41) is 3.50. The van der Waals surface area contributed by atoms with Crippen LogP contribution >= 0.6 is 11.6 Å². The van der Waals surface area contributed by atoms with Gasteiger partial charge in [-0.05, 0) is 43.4 Å². The van der Waals surface area contributed by atoms with Crippen molar-refractivity contribution in [3.05, 3.63) is 34.9 Å². The molecule has 1 aliphatic rings. The summed E-state index contributed by atoms with van der Waals surface area (Å²) in [5.74, 6) is -2.19. The number of hydrogen-bond donors (Lipinski definition) is 1. The smallest absolute Gasteiger partial charge is 0.349 e. The van der Waals surface area contributed by atoms with Gasteiger partial charge in [0.25, 0.3) is 0 Å². The van der Waals surface area contributed by atoms with Crippen LogP contribution < -0.4 is 5.32 Å². The van der Waals surface area contributed by atoms with E-state index < -0.39 is 18.0 Å². The summed E-state index contributed by atoms with van der Waals surface area (Å²) in [5.41, 5.74) is 0.911. The molecule has 1 aromatic carbocycles. The van der Waals surface area contributed by atoms with Gasteiger partial charge in [-0.25, -0.2) is 0 Å². The molecule has 3 atom stereocenters. The molecule has 2 nitrogen and oxygen atoms in total. The van der Waals surface area contributed by atoms with Gasteiger partial charge in [-0.3, -0.25) is 4.79 Å². The van der Waals surface area contributed by atoms with Crippen molar-refractivity contribution in [1.82, 2.24) is 5.32 Å². The van der Waals surface area contributed by atoms with Gasteiger partial charge in [0, 0.05) is 10.9 Å². The van der Waals surface area contributed by atoms with Crippen molar-refractivity contribution in [3.63, 3.8) is 0 Å². The van der Waals surface area contributed by atoms with E-state index in [0.29, 0.717) is 24.3 Å². The van der Waals surface area contributed by atoms with Gasteiger partial charge in [-0.1, -0.05) is 37.1 Å². The zero-order valence-electron chi connectivity index (χ0n) is 13.0. The maximum Gasteiger partial charge on any atom is 0.391 e. The van der Waals surface area contributed by atoms with Crippen LogP contribution in [0.3, 0.4) is 0 Å². The fourth-order valence-electron chi connectivity index (χ4n) is 3.13. The molecule has 6 heteroatoms. The van der Waals surface area contributed by atoms with E-state index in [1.165, 1.54) is 0 Å². The minimum absolute atomic E-state index is 0.105. The summed E-state index contributed by atoms with van der Waals surface area (Å²) < 4.78 is 38.6. The Morgan fingerprint density at radius 3 is 2.52 bits per heavy atom. The van der Waals surface area contributed by atoms with Gasteiger partial charge in [-0.15, -0.1) is 0 Å². The summed E-state index contributed by atoms with van der Waals surface area (Å²) in [7, 11) is 0.